The molecule has 1 N–H and O–H groups in total. The van der Waals surface area contributed by atoms with Crippen LogP contribution in [0.2, 0.25) is 5.02 Å². The third-order valence-electron chi connectivity index (χ3n) is 2.82. The highest BCUT2D eigenvalue weighted by Crippen LogP contribution is 2.18. The van der Waals surface area contributed by atoms with Crippen molar-refractivity contribution in [3.8, 4) is 6.07 Å². The molecule has 106 valence electrons. The molecular weight excluding hydrogens is 298 g/mol. The van der Waals surface area contributed by atoms with Crippen molar-refractivity contribution < 1.29 is 13.6 Å². The molecule has 0 heterocycles. The minimum Gasteiger partial charge on any atom is -0.348 e. The van der Waals surface area contributed by atoms with Gasteiger partial charge < -0.3 is 5.32 Å². The Labute approximate surface area is 124 Å². The second-order valence-corrected chi connectivity index (χ2v) is 4.61. The van der Waals surface area contributed by atoms with E-state index in [-0.39, 0.29) is 28.3 Å². The number of carbonyl (C=O) groups excluding carboxylic acids is 1. The van der Waals surface area contributed by atoms with Gasteiger partial charge in [0.05, 0.1) is 22.2 Å². The van der Waals surface area contributed by atoms with Crippen molar-refractivity contribution in [2.24, 2.45) is 0 Å². The minimum atomic E-state index is -0.822. The van der Waals surface area contributed by atoms with Gasteiger partial charge in [0.25, 0.3) is 5.91 Å². The standard InChI is InChI=1S/C15H9ClF2N2O/c16-12-3-1-2-11(14(12)18)15(21)20-8-10-5-4-9(7-19)6-13(10)17/h1-6H,8H2,(H,20,21). The van der Waals surface area contributed by atoms with Crippen molar-refractivity contribution >= 4 is 17.5 Å². The third kappa shape index (κ3) is 3.36. The first-order valence-corrected chi connectivity index (χ1v) is 6.31. The van der Waals surface area contributed by atoms with Gasteiger partial charge in [-0.3, -0.25) is 4.79 Å². The maximum absolute atomic E-state index is 13.7. The third-order valence-corrected chi connectivity index (χ3v) is 3.11. The molecule has 0 radical (unpaired) electrons. The van der Waals surface area contributed by atoms with E-state index in [2.05, 4.69) is 5.32 Å². The highest BCUT2D eigenvalue weighted by molar-refractivity contribution is 6.31. The fourth-order valence-electron chi connectivity index (χ4n) is 1.71. The van der Waals surface area contributed by atoms with Crippen LogP contribution in [-0.2, 0) is 6.54 Å². The van der Waals surface area contributed by atoms with Crippen LogP contribution in [0.4, 0.5) is 8.78 Å². The van der Waals surface area contributed by atoms with E-state index in [0.29, 0.717) is 0 Å². The molecule has 0 fully saturated rings. The molecule has 0 spiro atoms. The van der Waals surface area contributed by atoms with E-state index >= 15 is 0 Å². The molecule has 21 heavy (non-hydrogen) atoms. The van der Waals surface area contributed by atoms with Crippen LogP contribution in [0.1, 0.15) is 21.5 Å². The van der Waals surface area contributed by atoms with Gasteiger partial charge in [-0.2, -0.15) is 5.26 Å². The number of amides is 1. The van der Waals surface area contributed by atoms with Crippen molar-refractivity contribution in [1.29, 1.82) is 5.26 Å². The number of nitrogens with one attached hydrogen (secondary N) is 1. The fourth-order valence-corrected chi connectivity index (χ4v) is 1.88. The molecule has 0 aliphatic rings. The first-order valence-electron chi connectivity index (χ1n) is 5.93. The summed E-state index contributed by atoms with van der Waals surface area (Å²) >= 11 is 5.59. The Morgan fingerprint density at radius 2 is 2.05 bits per heavy atom. The first kappa shape index (κ1) is 14.9. The highest BCUT2D eigenvalue weighted by atomic mass is 35.5. The summed E-state index contributed by atoms with van der Waals surface area (Å²) in [7, 11) is 0. The quantitative estimate of drug-likeness (QED) is 0.944. The van der Waals surface area contributed by atoms with Crippen LogP contribution in [0.5, 0.6) is 0 Å². The minimum absolute atomic E-state index is 0.123. The zero-order valence-electron chi connectivity index (χ0n) is 10.7. The van der Waals surface area contributed by atoms with E-state index in [1.54, 1.807) is 0 Å². The Kier molecular flexibility index (Phi) is 4.51. The van der Waals surface area contributed by atoms with Crippen LogP contribution >= 0.6 is 11.6 Å². The predicted octanol–water partition coefficient (Wildman–Crippen LogP) is 3.42. The number of hydrogen-bond acceptors (Lipinski definition) is 2. The SMILES string of the molecule is N#Cc1ccc(CNC(=O)c2cccc(Cl)c2F)c(F)c1. The van der Waals surface area contributed by atoms with E-state index in [1.165, 1.54) is 30.3 Å². The summed E-state index contributed by atoms with van der Waals surface area (Å²) in [5.41, 5.74) is 0.171. The Morgan fingerprint density at radius 1 is 1.29 bits per heavy atom. The number of hydrogen-bond donors (Lipinski definition) is 1. The van der Waals surface area contributed by atoms with Crippen LogP contribution < -0.4 is 5.32 Å². The van der Waals surface area contributed by atoms with Crippen molar-refractivity contribution in [3.63, 3.8) is 0 Å². The van der Waals surface area contributed by atoms with Gasteiger partial charge in [0, 0.05) is 12.1 Å². The number of halogens is 3. The Hall–Kier alpha value is -2.45. The molecule has 0 bridgehead atoms. The van der Waals surface area contributed by atoms with E-state index in [0.717, 1.165) is 6.07 Å². The Balaban J connectivity index is 2.11. The van der Waals surface area contributed by atoms with Gasteiger partial charge in [-0.05, 0) is 24.3 Å². The van der Waals surface area contributed by atoms with Crippen molar-refractivity contribution in [1.82, 2.24) is 5.32 Å². The molecule has 6 heteroatoms. The Bertz CT molecular complexity index is 741. The molecule has 2 aromatic rings. The molecular formula is C15H9ClF2N2O. The van der Waals surface area contributed by atoms with E-state index < -0.39 is 17.5 Å². The van der Waals surface area contributed by atoms with Gasteiger partial charge in [0.15, 0.2) is 5.82 Å². The lowest BCUT2D eigenvalue weighted by molar-refractivity contribution is 0.0946. The predicted molar refractivity (Wildman–Crippen MR) is 73.7 cm³/mol. The van der Waals surface area contributed by atoms with Crippen molar-refractivity contribution in [3.05, 3.63) is 69.7 Å². The van der Waals surface area contributed by atoms with Gasteiger partial charge in [-0.1, -0.05) is 23.7 Å². The van der Waals surface area contributed by atoms with Gasteiger partial charge >= 0.3 is 0 Å². The smallest absolute Gasteiger partial charge is 0.254 e. The van der Waals surface area contributed by atoms with Gasteiger partial charge in [0.2, 0.25) is 0 Å². The van der Waals surface area contributed by atoms with Crippen LogP contribution in [-0.4, -0.2) is 5.91 Å². The second kappa shape index (κ2) is 6.33. The highest BCUT2D eigenvalue weighted by Gasteiger charge is 2.14. The normalized spacial score (nSPS) is 10.0. The van der Waals surface area contributed by atoms with Crippen molar-refractivity contribution in [2.45, 2.75) is 6.54 Å². The van der Waals surface area contributed by atoms with Crippen LogP contribution in [0.3, 0.4) is 0 Å². The Morgan fingerprint density at radius 3 is 2.71 bits per heavy atom. The van der Waals surface area contributed by atoms with E-state index in [1.807, 2.05) is 6.07 Å². The van der Waals surface area contributed by atoms with Gasteiger partial charge in [-0.25, -0.2) is 8.78 Å². The van der Waals surface area contributed by atoms with Crippen LogP contribution in [0, 0.1) is 23.0 Å². The zero-order chi connectivity index (χ0) is 15.4. The fraction of sp³-hybridized carbons (Fsp3) is 0.0667. The molecule has 0 aliphatic carbocycles. The summed E-state index contributed by atoms with van der Waals surface area (Å²) in [5, 5.41) is 10.9. The molecule has 2 rings (SSSR count). The summed E-state index contributed by atoms with van der Waals surface area (Å²) in [4.78, 5) is 11.8. The van der Waals surface area contributed by atoms with Crippen LogP contribution in [0.15, 0.2) is 36.4 Å². The monoisotopic (exact) mass is 306 g/mol. The first-order chi connectivity index (χ1) is 10.0. The lowest BCUT2D eigenvalue weighted by Gasteiger charge is -2.08. The summed E-state index contributed by atoms with van der Waals surface area (Å²) < 4.78 is 27.3. The molecule has 1 amide bonds. The second-order valence-electron chi connectivity index (χ2n) is 4.20. The molecule has 2 aromatic carbocycles. The molecule has 0 saturated carbocycles. The zero-order valence-corrected chi connectivity index (χ0v) is 11.4. The summed E-state index contributed by atoms with van der Waals surface area (Å²) in [6.07, 6.45) is 0. The number of nitriles is 1. The molecule has 0 atom stereocenters. The van der Waals surface area contributed by atoms with Crippen LogP contribution in [0.25, 0.3) is 0 Å². The summed E-state index contributed by atoms with van der Waals surface area (Å²) in [6.45, 7) is -0.123. The maximum atomic E-state index is 13.7. The number of benzene rings is 2. The maximum Gasteiger partial charge on any atom is 0.254 e. The van der Waals surface area contributed by atoms with E-state index in [4.69, 9.17) is 16.9 Å². The number of rotatable bonds is 3. The largest absolute Gasteiger partial charge is 0.348 e. The lowest BCUT2D eigenvalue weighted by Crippen LogP contribution is -2.24. The molecule has 0 aliphatic heterocycles. The van der Waals surface area contributed by atoms with Gasteiger partial charge in [0.1, 0.15) is 5.82 Å². The van der Waals surface area contributed by atoms with Crippen molar-refractivity contribution in [2.75, 3.05) is 0 Å². The topological polar surface area (TPSA) is 52.9 Å². The molecule has 3 nitrogen and oxygen atoms in total. The number of nitrogens with zero attached hydrogens (tertiary/aromatic N) is 1. The summed E-state index contributed by atoms with van der Waals surface area (Å²) in [5.74, 6) is -2.13. The summed E-state index contributed by atoms with van der Waals surface area (Å²) in [6, 6.07) is 9.76. The van der Waals surface area contributed by atoms with E-state index in [9.17, 15) is 13.6 Å². The average Bonchev–Trinajstić information content (AvgIpc) is 2.48. The molecule has 0 saturated heterocycles. The average molecular weight is 307 g/mol. The molecule has 0 unspecified atom stereocenters. The van der Waals surface area contributed by atoms with Gasteiger partial charge in [-0.15, -0.1) is 0 Å². The molecule has 0 aromatic heterocycles. The number of carbonyl (C=O) groups is 1. The lowest BCUT2D eigenvalue weighted by atomic mass is 10.1.